The van der Waals surface area contributed by atoms with Crippen LogP contribution in [0.5, 0.6) is 0 Å². The molecule has 1 atom stereocenters. The number of hydrogen-bond acceptors (Lipinski definition) is 2. The molecule has 104 valence electrons. The number of likely N-dealkylation sites (tertiary alicyclic amines) is 1. The van der Waals surface area contributed by atoms with Crippen molar-refractivity contribution in [3.8, 4) is 0 Å². The van der Waals surface area contributed by atoms with Gasteiger partial charge in [0.05, 0.1) is 0 Å². The highest BCUT2D eigenvalue weighted by atomic mass is 16.3. The van der Waals surface area contributed by atoms with Gasteiger partial charge in [-0.2, -0.15) is 0 Å². The molecular weight excluding hydrogens is 234 g/mol. The Labute approximate surface area is 116 Å². The van der Waals surface area contributed by atoms with Crippen molar-refractivity contribution in [1.29, 1.82) is 0 Å². The van der Waals surface area contributed by atoms with Crippen LogP contribution in [-0.4, -0.2) is 29.6 Å². The zero-order valence-corrected chi connectivity index (χ0v) is 11.9. The summed E-state index contributed by atoms with van der Waals surface area (Å²) < 4.78 is 0. The average Bonchev–Trinajstić information content (AvgIpc) is 3.19. The number of rotatable bonds is 5. The molecule has 1 saturated heterocycles. The molecule has 1 unspecified atom stereocenters. The van der Waals surface area contributed by atoms with Crippen molar-refractivity contribution in [2.45, 2.75) is 44.6 Å². The molecule has 2 fully saturated rings. The molecular formula is C17H25NO. The molecule has 1 aromatic rings. The first-order valence-corrected chi connectivity index (χ1v) is 7.76. The lowest BCUT2D eigenvalue weighted by molar-refractivity contribution is -0.0159. The second kappa shape index (κ2) is 5.26. The summed E-state index contributed by atoms with van der Waals surface area (Å²) in [5, 5.41) is 11.2. The molecule has 2 nitrogen and oxygen atoms in total. The van der Waals surface area contributed by atoms with E-state index in [0.717, 1.165) is 31.6 Å². The van der Waals surface area contributed by atoms with Crippen LogP contribution in [0.2, 0.25) is 0 Å². The Morgan fingerprint density at radius 2 is 1.79 bits per heavy atom. The van der Waals surface area contributed by atoms with Gasteiger partial charge in [0.1, 0.15) is 5.60 Å². The Kier molecular flexibility index (Phi) is 3.64. The Morgan fingerprint density at radius 1 is 1.16 bits per heavy atom. The second-order valence-corrected chi connectivity index (χ2v) is 6.23. The number of aliphatic hydroxyl groups is 1. The predicted molar refractivity (Wildman–Crippen MR) is 78.1 cm³/mol. The fourth-order valence-corrected chi connectivity index (χ4v) is 3.33. The van der Waals surface area contributed by atoms with Gasteiger partial charge >= 0.3 is 0 Å². The molecule has 2 heteroatoms. The lowest BCUT2D eigenvalue weighted by Gasteiger charge is -2.33. The van der Waals surface area contributed by atoms with Crippen LogP contribution in [0.25, 0.3) is 0 Å². The van der Waals surface area contributed by atoms with Crippen molar-refractivity contribution in [3.05, 3.63) is 35.4 Å². The number of β-amino-alcohol motifs (C(OH)–C–C–N with tert-alkyl or cyclic N) is 1. The first kappa shape index (κ1) is 13.1. The number of hydrogen-bond donors (Lipinski definition) is 1. The zero-order valence-electron chi connectivity index (χ0n) is 11.9. The Hall–Kier alpha value is -0.860. The summed E-state index contributed by atoms with van der Waals surface area (Å²) in [6.07, 6.45) is 6.00. The topological polar surface area (TPSA) is 23.5 Å². The number of aryl methyl sites for hydroxylation is 1. The molecule has 1 aliphatic heterocycles. The SMILES string of the molecule is CCc1ccc(C(O)(CN2CCCC2)C2CC2)cc1. The largest absolute Gasteiger partial charge is 0.384 e. The Balaban J connectivity index is 1.81. The molecule has 0 amide bonds. The van der Waals surface area contributed by atoms with Gasteiger partial charge in [-0.3, -0.25) is 0 Å². The highest BCUT2D eigenvalue weighted by Gasteiger charge is 2.46. The number of benzene rings is 1. The summed E-state index contributed by atoms with van der Waals surface area (Å²) in [6.45, 7) is 5.31. The van der Waals surface area contributed by atoms with E-state index >= 15 is 0 Å². The van der Waals surface area contributed by atoms with E-state index in [4.69, 9.17) is 0 Å². The summed E-state index contributed by atoms with van der Waals surface area (Å²) in [7, 11) is 0. The number of nitrogens with zero attached hydrogens (tertiary/aromatic N) is 1. The van der Waals surface area contributed by atoms with Crippen LogP contribution in [0.4, 0.5) is 0 Å². The minimum absolute atomic E-state index is 0.473. The third-order valence-electron chi connectivity index (χ3n) is 4.78. The van der Waals surface area contributed by atoms with Crippen molar-refractivity contribution in [3.63, 3.8) is 0 Å². The highest BCUT2D eigenvalue weighted by molar-refractivity contribution is 5.29. The van der Waals surface area contributed by atoms with Gasteiger partial charge < -0.3 is 10.0 Å². The lowest BCUT2D eigenvalue weighted by atomic mass is 9.87. The molecule has 1 saturated carbocycles. The van der Waals surface area contributed by atoms with E-state index in [1.165, 1.54) is 31.2 Å². The fourth-order valence-electron chi connectivity index (χ4n) is 3.33. The van der Waals surface area contributed by atoms with Crippen LogP contribution >= 0.6 is 0 Å². The normalized spacial score (nSPS) is 23.5. The summed E-state index contributed by atoms with van der Waals surface area (Å²) in [5.74, 6) is 0.473. The van der Waals surface area contributed by atoms with Crippen molar-refractivity contribution in [2.75, 3.05) is 19.6 Å². The van der Waals surface area contributed by atoms with Crippen LogP contribution in [-0.2, 0) is 12.0 Å². The second-order valence-electron chi connectivity index (χ2n) is 6.23. The third kappa shape index (κ3) is 2.70. The molecule has 0 radical (unpaired) electrons. The average molecular weight is 259 g/mol. The molecule has 19 heavy (non-hydrogen) atoms. The van der Waals surface area contributed by atoms with Crippen molar-refractivity contribution in [2.24, 2.45) is 5.92 Å². The quantitative estimate of drug-likeness (QED) is 0.879. The monoisotopic (exact) mass is 259 g/mol. The van der Waals surface area contributed by atoms with Crippen LogP contribution in [0.3, 0.4) is 0 Å². The van der Waals surface area contributed by atoms with E-state index in [1.807, 2.05) is 0 Å². The van der Waals surface area contributed by atoms with E-state index in [2.05, 4.69) is 36.1 Å². The Bertz CT molecular complexity index is 417. The maximum atomic E-state index is 11.2. The summed E-state index contributed by atoms with van der Waals surface area (Å²) in [4.78, 5) is 2.44. The van der Waals surface area contributed by atoms with E-state index in [0.29, 0.717) is 5.92 Å². The van der Waals surface area contributed by atoms with Gasteiger partial charge in [0.15, 0.2) is 0 Å². The first-order valence-electron chi connectivity index (χ1n) is 7.76. The Morgan fingerprint density at radius 3 is 2.32 bits per heavy atom. The minimum atomic E-state index is -0.614. The maximum absolute atomic E-state index is 11.2. The standard InChI is InChI=1S/C17H25NO/c1-2-14-5-7-15(8-6-14)17(19,16-9-10-16)13-18-11-3-4-12-18/h5-8,16,19H,2-4,9-13H2,1H3. The molecule has 1 aromatic carbocycles. The molecule has 2 aliphatic rings. The molecule has 1 N–H and O–H groups in total. The molecule has 3 rings (SSSR count). The molecule has 1 aliphatic carbocycles. The van der Waals surface area contributed by atoms with Crippen molar-refractivity contribution >= 4 is 0 Å². The van der Waals surface area contributed by atoms with E-state index < -0.39 is 5.60 Å². The molecule has 0 spiro atoms. The first-order chi connectivity index (χ1) is 9.22. The smallest absolute Gasteiger partial charge is 0.105 e. The van der Waals surface area contributed by atoms with Gasteiger partial charge in [-0.15, -0.1) is 0 Å². The minimum Gasteiger partial charge on any atom is -0.384 e. The zero-order chi connectivity index (χ0) is 13.3. The van der Waals surface area contributed by atoms with Crippen LogP contribution in [0.1, 0.15) is 43.7 Å². The molecule has 0 aromatic heterocycles. The van der Waals surface area contributed by atoms with Gasteiger partial charge in [-0.05, 0) is 62.2 Å². The summed E-state index contributed by atoms with van der Waals surface area (Å²) in [6, 6.07) is 8.64. The van der Waals surface area contributed by atoms with Crippen LogP contribution in [0.15, 0.2) is 24.3 Å². The van der Waals surface area contributed by atoms with E-state index in [9.17, 15) is 5.11 Å². The molecule has 1 heterocycles. The van der Waals surface area contributed by atoms with Crippen molar-refractivity contribution < 1.29 is 5.11 Å². The van der Waals surface area contributed by atoms with Gasteiger partial charge in [-0.25, -0.2) is 0 Å². The highest BCUT2D eigenvalue weighted by Crippen LogP contribution is 2.46. The van der Waals surface area contributed by atoms with Gasteiger partial charge in [0, 0.05) is 6.54 Å². The predicted octanol–water partition coefficient (Wildman–Crippen LogP) is 2.94. The van der Waals surface area contributed by atoms with E-state index in [1.54, 1.807) is 0 Å². The lowest BCUT2D eigenvalue weighted by Crippen LogP contribution is -2.41. The van der Waals surface area contributed by atoms with Gasteiger partial charge in [0.25, 0.3) is 0 Å². The molecule has 0 bridgehead atoms. The maximum Gasteiger partial charge on any atom is 0.105 e. The van der Waals surface area contributed by atoms with Crippen molar-refractivity contribution in [1.82, 2.24) is 4.90 Å². The summed E-state index contributed by atoms with van der Waals surface area (Å²) >= 11 is 0. The van der Waals surface area contributed by atoms with Gasteiger partial charge in [-0.1, -0.05) is 31.2 Å². The van der Waals surface area contributed by atoms with Gasteiger partial charge in [0.2, 0.25) is 0 Å². The van der Waals surface area contributed by atoms with Crippen LogP contribution in [0, 0.1) is 5.92 Å². The summed E-state index contributed by atoms with van der Waals surface area (Å²) in [5.41, 5.74) is 1.86. The fraction of sp³-hybridized carbons (Fsp3) is 0.647. The van der Waals surface area contributed by atoms with Crippen LogP contribution < -0.4 is 0 Å². The third-order valence-corrected chi connectivity index (χ3v) is 4.78. The van der Waals surface area contributed by atoms with E-state index in [-0.39, 0.29) is 0 Å².